The molecule has 0 spiro atoms. The van der Waals surface area contributed by atoms with Crippen molar-refractivity contribution in [2.45, 2.75) is 64.2 Å². The van der Waals surface area contributed by atoms with E-state index in [0.717, 1.165) is 24.8 Å². The molecule has 1 fully saturated rings. The number of benzene rings is 1. The molecule has 0 bridgehead atoms. The molecule has 2 rings (SSSR count). The second kappa shape index (κ2) is 9.37. The molecule has 0 saturated heterocycles. The van der Waals surface area contributed by atoms with Crippen LogP contribution >= 0.6 is 0 Å². The summed E-state index contributed by atoms with van der Waals surface area (Å²) in [7, 11) is 4.66. The van der Waals surface area contributed by atoms with Crippen molar-refractivity contribution in [1.29, 1.82) is 0 Å². The van der Waals surface area contributed by atoms with Crippen LogP contribution in [0.5, 0.6) is 17.2 Å². The second-order valence-electron chi connectivity index (χ2n) is 8.13. The molecule has 28 heavy (non-hydrogen) atoms. The van der Waals surface area contributed by atoms with E-state index in [-0.39, 0.29) is 18.1 Å². The van der Waals surface area contributed by atoms with Crippen molar-refractivity contribution in [3.63, 3.8) is 0 Å². The van der Waals surface area contributed by atoms with Crippen molar-refractivity contribution in [3.05, 3.63) is 17.7 Å². The highest BCUT2D eigenvalue weighted by atomic mass is 16.6. The summed E-state index contributed by atoms with van der Waals surface area (Å²) in [6.45, 7) is 5.47. The predicted octanol–water partition coefficient (Wildman–Crippen LogP) is 3.83. The quantitative estimate of drug-likeness (QED) is 0.761. The molecular weight excluding hydrogens is 362 g/mol. The number of methoxy groups -OCH3 is 3. The van der Waals surface area contributed by atoms with Gasteiger partial charge in [-0.3, -0.25) is 0 Å². The lowest BCUT2D eigenvalue weighted by Crippen LogP contribution is -2.39. The van der Waals surface area contributed by atoms with Gasteiger partial charge in [0.1, 0.15) is 5.60 Å². The Hall–Kier alpha value is -2.15. The lowest BCUT2D eigenvalue weighted by atomic mass is 9.79. The summed E-state index contributed by atoms with van der Waals surface area (Å²) in [5.74, 6) is 1.56. The zero-order chi connectivity index (χ0) is 20.9. The summed E-state index contributed by atoms with van der Waals surface area (Å²) in [6.07, 6.45) is 2.27. The molecule has 1 amide bonds. The highest BCUT2D eigenvalue weighted by molar-refractivity contribution is 5.69. The van der Waals surface area contributed by atoms with Gasteiger partial charge in [-0.05, 0) is 58.1 Å². The van der Waals surface area contributed by atoms with E-state index < -0.39 is 11.7 Å². The maximum Gasteiger partial charge on any atom is 0.408 e. The van der Waals surface area contributed by atoms with Crippen LogP contribution in [0.3, 0.4) is 0 Å². The number of aliphatic hydroxyl groups excluding tert-OH is 1. The van der Waals surface area contributed by atoms with Crippen LogP contribution in [0.1, 0.15) is 58.1 Å². The Bertz CT molecular complexity index is 670. The topological polar surface area (TPSA) is 86.3 Å². The Balaban J connectivity index is 2.44. The van der Waals surface area contributed by atoms with E-state index in [1.807, 2.05) is 26.8 Å². The average Bonchev–Trinajstić information content (AvgIpc) is 2.63. The fourth-order valence-electron chi connectivity index (χ4n) is 3.76. The van der Waals surface area contributed by atoms with E-state index in [9.17, 15) is 9.90 Å². The Kier molecular flexibility index (Phi) is 7.41. The summed E-state index contributed by atoms with van der Waals surface area (Å²) >= 11 is 0. The van der Waals surface area contributed by atoms with Gasteiger partial charge in [0.25, 0.3) is 0 Å². The van der Waals surface area contributed by atoms with Gasteiger partial charge in [-0.25, -0.2) is 4.79 Å². The third-order valence-corrected chi connectivity index (χ3v) is 4.90. The SMILES string of the molecule is COc1ccc(C(NC(=O)OC(C)(C)C)C2CCC[C@H](O)C2)c(OC)c1OC. The van der Waals surface area contributed by atoms with Gasteiger partial charge in [-0.1, -0.05) is 6.42 Å². The summed E-state index contributed by atoms with van der Waals surface area (Å²) in [6, 6.07) is 3.27. The molecule has 0 aromatic heterocycles. The number of hydrogen-bond donors (Lipinski definition) is 2. The molecule has 0 aliphatic heterocycles. The number of amides is 1. The Morgan fingerprint density at radius 2 is 1.79 bits per heavy atom. The summed E-state index contributed by atoms with van der Waals surface area (Å²) < 4.78 is 22.0. The van der Waals surface area contributed by atoms with Crippen molar-refractivity contribution in [2.24, 2.45) is 5.92 Å². The zero-order valence-corrected chi connectivity index (χ0v) is 17.7. The fourth-order valence-corrected chi connectivity index (χ4v) is 3.76. The zero-order valence-electron chi connectivity index (χ0n) is 17.7. The van der Waals surface area contributed by atoms with E-state index in [0.29, 0.717) is 23.7 Å². The molecule has 0 heterocycles. The molecule has 2 N–H and O–H groups in total. The Morgan fingerprint density at radius 3 is 2.32 bits per heavy atom. The molecule has 7 heteroatoms. The molecule has 0 radical (unpaired) electrons. The minimum Gasteiger partial charge on any atom is -0.493 e. The van der Waals surface area contributed by atoms with Gasteiger partial charge in [0, 0.05) is 5.56 Å². The molecule has 1 aliphatic rings. The first-order valence-corrected chi connectivity index (χ1v) is 9.66. The summed E-state index contributed by atoms with van der Waals surface area (Å²) in [5.41, 5.74) is 0.160. The van der Waals surface area contributed by atoms with Gasteiger partial charge < -0.3 is 29.4 Å². The van der Waals surface area contributed by atoms with Gasteiger partial charge in [0.05, 0.1) is 33.5 Å². The van der Waals surface area contributed by atoms with Crippen molar-refractivity contribution in [3.8, 4) is 17.2 Å². The number of carbonyl (C=O) groups excluding carboxylic acids is 1. The van der Waals surface area contributed by atoms with Crippen molar-refractivity contribution >= 4 is 6.09 Å². The molecule has 158 valence electrons. The number of aliphatic hydroxyl groups is 1. The molecule has 1 saturated carbocycles. The maximum absolute atomic E-state index is 12.6. The van der Waals surface area contributed by atoms with Crippen LogP contribution in [-0.2, 0) is 4.74 Å². The number of ether oxygens (including phenoxy) is 4. The maximum atomic E-state index is 12.6. The number of hydrogen-bond acceptors (Lipinski definition) is 6. The summed E-state index contributed by atoms with van der Waals surface area (Å²) in [4.78, 5) is 12.6. The lowest BCUT2D eigenvalue weighted by molar-refractivity contribution is 0.0425. The van der Waals surface area contributed by atoms with Gasteiger partial charge in [-0.2, -0.15) is 0 Å². The standard InChI is InChI=1S/C21H33NO6/c1-21(2,3)28-20(24)22-17(13-8-7-9-14(23)12-13)15-10-11-16(25-4)19(27-6)18(15)26-5/h10-11,13-14,17,23H,7-9,12H2,1-6H3,(H,22,24)/t13?,14-,17?/m0/s1. The van der Waals surface area contributed by atoms with Crippen molar-refractivity contribution in [2.75, 3.05) is 21.3 Å². The minimum atomic E-state index is -0.609. The first kappa shape index (κ1) is 22.1. The van der Waals surface area contributed by atoms with Crippen LogP contribution in [-0.4, -0.2) is 44.2 Å². The van der Waals surface area contributed by atoms with Crippen molar-refractivity contribution in [1.82, 2.24) is 5.32 Å². The monoisotopic (exact) mass is 395 g/mol. The van der Waals surface area contributed by atoms with Crippen LogP contribution in [0.4, 0.5) is 4.79 Å². The molecule has 1 aromatic rings. The number of nitrogens with one attached hydrogen (secondary N) is 1. The van der Waals surface area contributed by atoms with Gasteiger partial charge in [-0.15, -0.1) is 0 Å². The number of rotatable bonds is 6. The Morgan fingerprint density at radius 1 is 1.11 bits per heavy atom. The average molecular weight is 395 g/mol. The van der Waals surface area contributed by atoms with E-state index in [4.69, 9.17) is 18.9 Å². The van der Waals surface area contributed by atoms with Crippen LogP contribution in [0, 0.1) is 5.92 Å². The normalized spacial score (nSPS) is 20.8. The molecule has 1 aromatic carbocycles. The van der Waals surface area contributed by atoms with Crippen molar-refractivity contribution < 1.29 is 28.8 Å². The lowest BCUT2D eigenvalue weighted by Gasteiger charge is -2.34. The highest BCUT2D eigenvalue weighted by Gasteiger charge is 2.34. The van der Waals surface area contributed by atoms with Crippen LogP contribution in [0.15, 0.2) is 12.1 Å². The number of alkyl carbamates (subject to hydrolysis) is 1. The second-order valence-corrected chi connectivity index (χ2v) is 8.13. The molecule has 2 unspecified atom stereocenters. The van der Waals surface area contributed by atoms with E-state index in [2.05, 4.69) is 5.32 Å². The minimum absolute atomic E-state index is 0.0447. The van der Waals surface area contributed by atoms with E-state index in [1.54, 1.807) is 27.4 Å². The molecular formula is C21H33NO6. The third kappa shape index (κ3) is 5.44. The van der Waals surface area contributed by atoms with Crippen LogP contribution in [0.2, 0.25) is 0 Å². The van der Waals surface area contributed by atoms with Crippen LogP contribution in [0.25, 0.3) is 0 Å². The van der Waals surface area contributed by atoms with E-state index in [1.165, 1.54) is 0 Å². The first-order valence-electron chi connectivity index (χ1n) is 9.66. The summed E-state index contributed by atoms with van der Waals surface area (Å²) in [5, 5.41) is 13.2. The number of carbonyl (C=O) groups is 1. The predicted molar refractivity (Wildman–Crippen MR) is 106 cm³/mol. The van der Waals surface area contributed by atoms with Crippen LogP contribution < -0.4 is 19.5 Å². The fraction of sp³-hybridized carbons (Fsp3) is 0.667. The van der Waals surface area contributed by atoms with E-state index >= 15 is 0 Å². The van der Waals surface area contributed by atoms with Gasteiger partial charge in [0.2, 0.25) is 5.75 Å². The molecule has 7 nitrogen and oxygen atoms in total. The largest absolute Gasteiger partial charge is 0.493 e. The highest BCUT2D eigenvalue weighted by Crippen LogP contribution is 2.45. The van der Waals surface area contributed by atoms with Gasteiger partial charge >= 0.3 is 6.09 Å². The molecule has 1 aliphatic carbocycles. The van der Waals surface area contributed by atoms with Gasteiger partial charge in [0.15, 0.2) is 11.5 Å². The third-order valence-electron chi connectivity index (χ3n) is 4.90. The first-order chi connectivity index (χ1) is 13.2. The Labute approximate surface area is 167 Å². The molecule has 3 atom stereocenters. The smallest absolute Gasteiger partial charge is 0.408 e.